The van der Waals surface area contributed by atoms with E-state index in [1.54, 1.807) is 12.1 Å². The van der Waals surface area contributed by atoms with Gasteiger partial charge in [0.25, 0.3) is 0 Å². The highest BCUT2D eigenvalue weighted by Gasteiger charge is 2.27. The molecule has 1 aromatic rings. The van der Waals surface area contributed by atoms with Gasteiger partial charge in [-0.1, -0.05) is 15.9 Å². The van der Waals surface area contributed by atoms with Crippen molar-refractivity contribution in [3.05, 3.63) is 28.2 Å². The Bertz CT molecular complexity index is 410. The SMILES string of the molecule is CC(N)Cc1cc(Br)ccc1OCOCC(F)(F)F. The number of alkyl halides is 3. The van der Waals surface area contributed by atoms with Crippen LogP contribution < -0.4 is 10.5 Å². The summed E-state index contributed by atoms with van der Waals surface area (Å²) >= 11 is 3.32. The summed E-state index contributed by atoms with van der Waals surface area (Å²) in [6.45, 7) is 0.0596. The van der Waals surface area contributed by atoms with Crippen LogP contribution in [0.3, 0.4) is 0 Å². The first kappa shape index (κ1) is 16.3. The molecule has 0 bridgehead atoms. The monoisotopic (exact) mass is 341 g/mol. The quantitative estimate of drug-likeness (QED) is 0.638. The number of nitrogens with two attached hydrogens (primary N) is 1. The lowest BCUT2D eigenvalue weighted by atomic mass is 10.1. The van der Waals surface area contributed by atoms with Crippen molar-refractivity contribution in [1.82, 2.24) is 0 Å². The van der Waals surface area contributed by atoms with E-state index in [0.29, 0.717) is 12.2 Å². The molecule has 1 rings (SSSR count). The number of halogens is 4. The number of rotatable bonds is 6. The Labute approximate surface area is 118 Å². The van der Waals surface area contributed by atoms with Crippen molar-refractivity contribution in [3.8, 4) is 5.75 Å². The standard InChI is InChI=1S/C12H15BrF3NO2/c1-8(17)4-9-5-10(13)2-3-11(9)19-7-18-6-12(14,15)16/h2-3,5,8H,4,6-7,17H2,1H3. The van der Waals surface area contributed by atoms with Crippen LogP contribution in [-0.2, 0) is 11.2 Å². The third kappa shape index (κ3) is 6.79. The van der Waals surface area contributed by atoms with Gasteiger partial charge in [-0.15, -0.1) is 0 Å². The van der Waals surface area contributed by atoms with Crippen LogP contribution in [0.1, 0.15) is 12.5 Å². The van der Waals surface area contributed by atoms with E-state index in [9.17, 15) is 13.2 Å². The van der Waals surface area contributed by atoms with Gasteiger partial charge in [0, 0.05) is 10.5 Å². The van der Waals surface area contributed by atoms with Crippen LogP contribution in [0.2, 0.25) is 0 Å². The van der Waals surface area contributed by atoms with Gasteiger partial charge in [-0.05, 0) is 37.1 Å². The second kappa shape index (κ2) is 7.12. The molecule has 0 amide bonds. The van der Waals surface area contributed by atoms with E-state index in [4.69, 9.17) is 10.5 Å². The van der Waals surface area contributed by atoms with Gasteiger partial charge in [0.15, 0.2) is 6.79 Å². The molecule has 0 aromatic heterocycles. The minimum Gasteiger partial charge on any atom is -0.467 e. The van der Waals surface area contributed by atoms with Crippen molar-refractivity contribution >= 4 is 15.9 Å². The minimum atomic E-state index is -4.35. The van der Waals surface area contributed by atoms with Crippen molar-refractivity contribution in [2.75, 3.05) is 13.4 Å². The molecule has 3 nitrogen and oxygen atoms in total. The summed E-state index contributed by atoms with van der Waals surface area (Å²) < 4.78 is 46.1. The first-order valence-corrected chi connectivity index (χ1v) is 6.38. The fourth-order valence-corrected chi connectivity index (χ4v) is 1.87. The zero-order valence-electron chi connectivity index (χ0n) is 10.3. The van der Waals surface area contributed by atoms with Crippen molar-refractivity contribution in [2.24, 2.45) is 5.73 Å². The summed E-state index contributed by atoms with van der Waals surface area (Å²) in [5.41, 5.74) is 6.52. The first-order chi connectivity index (χ1) is 8.78. The highest BCUT2D eigenvalue weighted by Crippen LogP contribution is 2.24. The Balaban J connectivity index is 2.57. The van der Waals surface area contributed by atoms with E-state index in [2.05, 4.69) is 20.7 Å². The second-order valence-corrected chi connectivity index (χ2v) is 5.07. The fourth-order valence-electron chi connectivity index (χ4n) is 1.46. The highest BCUT2D eigenvalue weighted by atomic mass is 79.9. The average Bonchev–Trinajstić information content (AvgIpc) is 2.24. The minimum absolute atomic E-state index is 0.0762. The van der Waals surface area contributed by atoms with Crippen molar-refractivity contribution in [2.45, 2.75) is 25.6 Å². The number of hydrogen-bond donors (Lipinski definition) is 1. The molecule has 0 aliphatic heterocycles. The van der Waals surface area contributed by atoms with Crippen LogP contribution in [0, 0.1) is 0 Å². The summed E-state index contributed by atoms with van der Waals surface area (Å²) in [5, 5.41) is 0. The van der Waals surface area contributed by atoms with Gasteiger partial charge < -0.3 is 15.2 Å². The first-order valence-electron chi connectivity index (χ1n) is 5.59. The van der Waals surface area contributed by atoms with Crippen LogP contribution in [0.15, 0.2) is 22.7 Å². The van der Waals surface area contributed by atoms with Crippen LogP contribution in [0.25, 0.3) is 0 Å². The molecular weight excluding hydrogens is 327 g/mol. The van der Waals surface area contributed by atoms with Crippen LogP contribution >= 0.6 is 15.9 Å². The van der Waals surface area contributed by atoms with E-state index in [1.807, 2.05) is 13.0 Å². The van der Waals surface area contributed by atoms with Gasteiger partial charge in [-0.25, -0.2) is 0 Å². The molecule has 0 heterocycles. The van der Waals surface area contributed by atoms with E-state index in [0.717, 1.165) is 10.0 Å². The Morgan fingerprint density at radius 2 is 2.05 bits per heavy atom. The molecule has 0 fully saturated rings. The molecule has 0 saturated carbocycles. The van der Waals surface area contributed by atoms with Crippen molar-refractivity contribution in [3.63, 3.8) is 0 Å². The molecule has 0 aliphatic carbocycles. The molecular formula is C12H15BrF3NO2. The van der Waals surface area contributed by atoms with Crippen LogP contribution in [-0.4, -0.2) is 25.6 Å². The normalized spacial score (nSPS) is 13.4. The maximum absolute atomic E-state index is 11.9. The molecule has 108 valence electrons. The molecule has 0 saturated heterocycles. The molecule has 0 spiro atoms. The summed E-state index contributed by atoms with van der Waals surface area (Å²) in [4.78, 5) is 0. The summed E-state index contributed by atoms with van der Waals surface area (Å²) in [6, 6.07) is 5.15. The average molecular weight is 342 g/mol. The van der Waals surface area contributed by atoms with Gasteiger partial charge in [-0.3, -0.25) is 0 Å². The van der Waals surface area contributed by atoms with Gasteiger partial charge in [0.2, 0.25) is 0 Å². The number of benzene rings is 1. The predicted octanol–water partition coefficient (Wildman–Crippen LogP) is 3.25. The maximum Gasteiger partial charge on any atom is 0.411 e. The lowest BCUT2D eigenvalue weighted by molar-refractivity contribution is -0.186. The Morgan fingerprint density at radius 3 is 2.63 bits per heavy atom. The molecule has 19 heavy (non-hydrogen) atoms. The summed E-state index contributed by atoms with van der Waals surface area (Å²) in [7, 11) is 0. The largest absolute Gasteiger partial charge is 0.467 e. The third-order valence-electron chi connectivity index (χ3n) is 2.13. The molecule has 1 aromatic carbocycles. The fraction of sp³-hybridized carbons (Fsp3) is 0.500. The molecule has 2 N–H and O–H groups in total. The third-order valence-corrected chi connectivity index (χ3v) is 2.62. The van der Waals surface area contributed by atoms with E-state index in [-0.39, 0.29) is 6.04 Å². The van der Waals surface area contributed by atoms with Crippen LogP contribution in [0.5, 0.6) is 5.75 Å². The molecule has 1 unspecified atom stereocenters. The Hall–Kier alpha value is -0.790. The number of hydrogen-bond acceptors (Lipinski definition) is 3. The van der Waals surface area contributed by atoms with E-state index in [1.165, 1.54) is 0 Å². The van der Waals surface area contributed by atoms with Gasteiger partial charge in [0.05, 0.1) is 0 Å². The van der Waals surface area contributed by atoms with Gasteiger partial charge >= 0.3 is 6.18 Å². The maximum atomic E-state index is 11.9. The predicted molar refractivity (Wildman–Crippen MR) is 69.0 cm³/mol. The molecule has 0 radical (unpaired) electrons. The molecule has 7 heteroatoms. The lowest BCUT2D eigenvalue weighted by Gasteiger charge is -2.14. The Kier molecular flexibility index (Phi) is 6.09. The molecule has 1 atom stereocenters. The highest BCUT2D eigenvalue weighted by molar-refractivity contribution is 9.10. The topological polar surface area (TPSA) is 44.5 Å². The zero-order chi connectivity index (χ0) is 14.5. The van der Waals surface area contributed by atoms with Crippen molar-refractivity contribution in [1.29, 1.82) is 0 Å². The van der Waals surface area contributed by atoms with Gasteiger partial charge in [-0.2, -0.15) is 13.2 Å². The summed E-state index contributed by atoms with van der Waals surface area (Å²) in [6.07, 6.45) is -3.79. The second-order valence-electron chi connectivity index (χ2n) is 4.16. The lowest BCUT2D eigenvalue weighted by Crippen LogP contribution is -2.20. The Morgan fingerprint density at radius 1 is 1.37 bits per heavy atom. The molecule has 0 aliphatic rings. The summed E-state index contributed by atoms with van der Waals surface area (Å²) in [5.74, 6) is 0.475. The number of ether oxygens (including phenoxy) is 2. The zero-order valence-corrected chi connectivity index (χ0v) is 11.9. The van der Waals surface area contributed by atoms with Gasteiger partial charge in [0.1, 0.15) is 12.4 Å². The van der Waals surface area contributed by atoms with E-state index < -0.39 is 19.6 Å². The smallest absolute Gasteiger partial charge is 0.411 e. The van der Waals surface area contributed by atoms with Crippen molar-refractivity contribution < 1.29 is 22.6 Å². The van der Waals surface area contributed by atoms with E-state index >= 15 is 0 Å². The van der Waals surface area contributed by atoms with Crippen LogP contribution in [0.4, 0.5) is 13.2 Å².